The van der Waals surface area contributed by atoms with Gasteiger partial charge in [-0.3, -0.25) is 4.79 Å². The summed E-state index contributed by atoms with van der Waals surface area (Å²) in [5, 5.41) is 18.0. The summed E-state index contributed by atoms with van der Waals surface area (Å²) in [4.78, 5) is 22.2. The molecule has 23 heavy (non-hydrogen) atoms. The molecule has 3 heterocycles. The number of oxime groups is 1. The number of nitrogens with two attached hydrogens (primary N) is 1. The summed E-state index contributed by atoms with van der Waals surface area (Å²) >= 11 is 2.64. The number of rotatable bonds is 4. The van der Waals surface area contributed by atoms with Gasteiger partial charge in [-0.1, -0.05) is 11.2 Å². The SMILES string of the molecule is CCNC(=O)c1cc2c(C(=NO)c3cccs3)nc(N)nc2s1. The lowest BCUT2D eigenvalue weighted by molar-refractivity contribution is 0.0960. The Labute approximate surface area is 139 Å². The number of nitrogens with zero attached hydrogens (tertiary/aromatic N) is 3. The standard InChI is InChI=1S/C14H13N5O2S2/c1-2-16-12(20)9-6-7-10(17-14(15)18-13(7)23-9)11(19-21)8-4-3-5-22-8/h3-6,21H,2H2,1H3,(H,16,20)(H2,15,17,18). The lowest BCUT2D eigenvalue weighted by atomic mass is 10.1. The second-order valence-corrected chi connectivity index (χ2v) is 6.52. The highest BCUT2D eigenvalue weighted by Gasteiger charge is 2.20. The third-order valence-electron chi connectivity index (χ3n) is 3.05. The molecule has 0 aliphatic heterocycles. The van der Waals surface area contributed by atoms with E-state index in [1.54, 1.807) is 6.07 Å². The van der Waals surface area contributed by atoms with Crippen LogP contribution in [0.5, 0.6) is 0 Å². The fraction of sp³-hybridized carbons (Fsp3) is 0.143. The van der Waals surface area contributed by atoms with Gasteiger partial charge in [-0.2, -0.15) is 0 Å². The number of amides is 1. The molecule has 3 rings (SSSR count). The number of carbonyl (C=O) groups excluding carboxylic acids is 1. The van der Waals surface area contributed by atoms with Crippen molar-refractivity contribution in [1.82, 2.24) is 15.3 Å². The Morgan fingerprint density at radius 2 is 2.26 bits per heavy atom. The second-order valence-electron chi connectivity index (χ2n) is 4.55. The van der Waals surface area contributed by atoms with Gasteiger partial charge in [0.1, 0.15) is 16.2 Å². The third-order valence-corrected chi connectivity index (χ3v) is 4.95. The maximum atomic E-state index is 12.0. The highest BCUT2D eigenvalue weighted by molar-refractivity contribution is 7.20. The van der Waals surface area contributed by atoms with Crippen LogP contribution in [0.25, 0.3) is 10.2 Å². The maximum Gasteiger partial charge on any atom is 0.261 e. The van der Waals surface area contributed by atoms with Crippen LogP contribution in [0, 0.1) is 0 Å². The van der Waals surface area contributed by atoms with E-state index in [1.807, 2.05) is 24.4 Å². The first-order valence-electron chi connectivity index (χ1n) is 6.75. The summed E-state index contributed by atoms with van der Waals surface area (Å²) in [5.74, 6) is -0.117. The van der Waals surface area contributed by atoms with E-state index < -0.39 is 0 Å². The number of aromatic nitrogens is 2. The molecule has 0 atom stereocenters. The molecule has 0 saturated carbocycles. The molecule has 0 spiro atoms. The van der Waals surface area contributed by atoms with Crippen LogP contribution in [0.4, 0.5) is 5.95 Å². The average molecular weight is 347 g/mol. The summed E-state index contributed by atoms with van der Waals surface area (Å²) in [6.45, 7) is 2.38. The number of hydrogen-bond donors (Lipinski definition) is 3. The quantitative estimate of drug-likeness (QED) is 0.381. The Balaban J connectivity index is 2.18. The molecule has 1 amide bonds. The van der Waals surface area contributed by atoms with Crippen LogP contribution >= 0.6 is 22.7 Å². The lowest BCUT2D eigenvalue weighted by Crippen LogP contribution is -2.21. The smallest absolute Gasteiger partial charge is 0.261 e. The summed E-state index contributed by atoms with van der Waals surface area (Å²) in [6.07, 6.45) is 0. The number of anilines is 1. The van der Waals surface area contributed by atoms with E-state index >= 15 is 0 Å². The molecule has 0 aliphatic rings. The zero-order chi connectivity index (χ0) is 16.4. The molecule has 3 aromatic heterocycles. The van der Waals surface area contributed by atoms with Crippen LogP contribution < -0.4 is 11.1 Å². The summed E-state index contributed by atoms with van der Waals surface area (Å²) in [5.41, 5.74) is 6.48. The van der Waals surface area contributed by atoms with E-state index in [2.05, 4.69) is 20.4 Å². The molecule has 9 heteroatoms. The van der Waals surface area contributed by atoms with E-state index in [0.717, 1.165) is 4.88 Å². The molecule has 4 N–H and O–H groups in total. The molecule has 0 radical (unpaired) electrons. The van der Waals surface area contributed by atoms with Crippen molar-refractivity contribution in [3.05, 3.63) is 39.0 Å². The molecule has 0 aliphatic carbocycles. The minimum Gasteiger partial charge on any atom is -0.410 e. The molecule has 118 valence electrons. The molecule has 0 fully saturated rings. The van der Waals surface area contributed by atoms with Gasteiger partial charge in [0.25, 0.3) is 5.91 Å². The van der Waals surface area contributed by atoms with Crippen molar-refractivity contribution in [3.63, 3.8) is 0 Å². The van der Waals surface area contributed by atoms with Crippen molar-refractivity contribution in [2.75, 3.05) is 12.3 Å². The van der Waals surface area contributed by atoms with Crippen molar-refractivity contribution in [2.24, 2.45) is 5.16 Å². The topological polar surface area (TPSA) is 113 Å². The van der Waals surface area contributed by atoms with Gasteiger partial charge in [0.2, 0.25) is 5.95 Å². The van der Waals surface area contributed by atoms with E-state index in [1.165, 1.54) is 22.7 Å². The van der Waals surface area contributed by atoms with Gasteiger partial charge in [-0.15, -0.1) is 22.7 Å². The van der Waals surface area contributed by atoms with Crippen molar-refractivity contribution < 1.29 is 10.0 Å². The molecule has 0 unspecified atom stereocenters. The van der Waals surface area contributed by atoms with E-state index in [4.69, 9.17) is 5.73 Å². The second kappa shape index (κ2) is 6.31. The Morgan fingerprint density at radius 3 is 2.91 bits per heavy atom. The van der Waals surface area contributed by atoms with E-state index in [9.17, 15) is 10.0 Å². The highest BCUT2D eigenvalue weighted by atomic mass is 32.1. The Hall–Kier alpha value is -2.52. The number of carbonyl (C=O) groups is 1. The Kier molecular flexibility index (Phi) is 4.22. The molecule has 7 nitrogen and oxygen atoms in total. The third kappa shape index (κ3) is 2.88. The zero-order valence-corrected chi connectivity index (χ0v) is 13.7. The minimum absolute atomic E-state index is 0.0644. The van der Waals surface area contributed by atoms with E-state index in [-0.39, 0.29) is 11.9 Å². The van der Waals surface area contributed by atoms with Crippen LogP contribution in [0.1, 0.15) is 27.2 Å². The first-order valence-corrected chi connectivity index (χ1v) is 8.45. The largest absolute Gasteiger partial charge is 0.410 e. The van der Waals surface area contributed by atoms with Crippen molar-refractivity contribution in [3.8, 4) is 0 Å². The normalized spacial score (nSPS) is 11.8. The average Bonchev–Trinajstić information content (AvgIpc) is 3.17. The summed E-state index contributed by atoms with van der Waals surface area (Å²) in [7, 11) is 0. The van der Waals surface area contributed by atoms with Crippen LogP contribution in [-0.4, -0.2) is 33.3 Å². The molecular formula is C14H13N5O2S2. The highest BCUT2D eigenvalue weighted by Crippen LogP contribution is 2.29. The van der Waals surface area contributed by atoms with Gasteiger partial charge < -0.3 is 16.3 Å². The van der Waals surface area contributed by atoms with Gasteiger partial charge in [0.05, 0.1) is 9.75 Å². The first-order chi connectivity index (χ1) is 11.1. The molecule has 0 saturated heterocycles. The van der Waals surface area contributed by atoms with Gasteiger partial charge in [-0.05, 0) is 24.4 Å². The fourth-order valence-corrected chi connectivity index (χ4v) is 3.77. The number of thiophene rings is 2. The van der Waals surface area contributed by atoms with E-state index in [0.29, 0.717) is 33.0 Å². The van der Waals surface area contributed by atoms with Gasteiger partial charge in [-0.25, -0.2) is 9.97 Å². The molecule has 0 bridgehead atoms. The maximum absolute atomic E-state index is 12.0. The Bertz CT molecular complexity index is 886. The number of fused-ring (bicyclic) bond motifs is 1. The summed E-state index contributed by atoms with van der Waals surface area (Å²) in [6, 6.07) is 5.36. The Morgan fingerprint density at radius 1 is 1.43 bits per heavy atom. The monoisotopic (exact) mass is 347 g/mol. The number of nitrogens with one attached hydrogen (secondary N) is 1. The van der Waals surface area contributed by atoms with Crippen molar-refractivity contribution in [2.45, 2.75) is 6.92 Å². The first kappa shape index (κ1) is 15.4. The fourth-order valence-electron chi connectivity index (χ4n) is 2.10. The predicted molar refractivity (Wildman–Crippen MR) is 91.6 cm³/mol. The van der Waals surface area contributed by atoms with Crippen LogP contribution in [0.3, 0.4) is 0 Å². The van der Waals surface area contributed by atoms with Crippen LogP contribution in [0.2, 0.25) is 0 Å². The van der Waals surface area contributed by atoms with Gasteiger partial charge >= 0.3 is 0 Å². The number of hydrogen-bond acceptors (Lipinski definition) is 8. The predicted octanol–water partition coefficient (Wildman–Crippen LogP) is 2.31. The molecule has 3 aromatic rings. The molecular weight excluding hydrogens is 334 g/mol. The zero-order valence-electron chi connectivity index (χ0n) is 12.1. The van der Waals surface area contributed by atoms with Crippen molar-refractivity contribution in [1.29, 1.82) is 0 Å². The van der Waals surface area contributed by atoms with Crippen LogP contribution in [-0.2, 0) is 0 Å². The lowest BCUT2D eigenvalue weighted by Gasteiger charge is -2.04. The van der Waals surface area contributed by atoms with Crippen LogP contribution in [0.15, 0.2) is 28.7 Å². The number of nitrogen functional groups attached to an aromatic ring is 1. The van der Waals surface area contributed by atoms with Crippen molar-refractivity contribution >= 4 is 50.5 Å². The van der Waals surface area contributed by atoms with Gasteiger partial charge in [0.15, 0.2) is 0 Å². The molecule has 0 aromatic carbocycles. The minimum atomic E-state index is -0.182. The summed E-state index contributed by atoms with van der Waals surface area (Å²) < 4.78 is 0. The van der Waals surface area contributed by atoms with Gasteiger partial charge in [0, 0.05) is 11.9 Å².